The van der Waals surface area contributed by atoms with Crippen molar-refractivity contribution in [2.45, 2.75) is 48.1 Å². The maximum atomic E-state index is 11.6. The molecule has 0 bridgehead atoms. The van der Waals surface area contributed by atoms with Crippen molar-refractivity contribution in [2.24, 2.45) is 0 Å². The fraction of sp³-hybridized carbons (Fsp3) is 0.429. The first kappa shape index (κ1) is 21.4. The van der Waals surface area contributed by atoms with E-state index in [4.69, 9.17) is 9.47 Å². The maximum Gasteiger partial charge on any atom is 0.225 e. The molecule has 162 valence electrons. The Kier molecular flexibility index (Phi) is 5.48. The molecule has 1 fully saturated rings. The van der Waals surface area contributed by atoms with Gasteiger partial charge >= 0.3 is 0 Å². The molecule has 4 rings (SSSR count). The Bertz CT molecular complexity index is 1030. The first-order chi connectivity index (χ1) is 14.2. The van der Waals surface area contributed by atoms with Crippen LogP contribution in [0.15, 0.2) is 47.4 Å². The van der Waals surface area contributed by atoms with Gasteiger partial charge in [0.2, 0.25) is 5.79 Å². The molecule has 0 aliphatic carbocycles. The SMILES string of the molecule is CS(=O)(=O)c1ccc(Cc2ccc3c(c2)C2(OC3)O[C@H](CO)[C@@H](O)[C@H](O)[C@H]2O)cc1. The predicted octanol–water partition coefficient (Wildman–Crippen LogP) is -0.162. The number of hydrogen-bond acceptors (Lipinski definition) is 8. The van der Waals surface area contributed by atoms with Crippen molar-refractivity contribution in [3.63, 3.8) is 0 Å². The smallest absolute Gasteiger partial charge is 0.225 e. The van der Waals surface area contributed by atoms with Gasteiger partial charge in [0.1, 0.15) is 24.4 Å². The van der Waals surface area contributed by atoms with E-state index in [0.717, 1.165) is 22.9 Å². The van der Waals surface area contributed by atoms with Gasteiger partial charge < -0.3 is 29.9 Å². The Labute approximate surface area is 174 Å². The Morgan fingerprint density at radius 3 is 2.33 bits per heavy atom. The Morgan fingerprint density at radius 1 is 1.03 bits per heavy atom. The third-order valence-corrected chi connectivity index (χ3v) is 6.83. The second-order valence-corrected chi connectivity index (χ2v) is 9.82. The molecule has 1 unspecified atom stereocenters. The molecule has 2 heterocycles. The summed E-state index contributed by atoms with van der Waals surface area (Å²) < 4.78 is 34.8. The van der Waals surface area contributed by atoms with Crippen LogP contribution in [0.5, 0.6) is 0 Å². The molecule has 0 aromatic heterocycles. The van der Waals surface area contributed by atoms with E-state index in [1.165, 1.54) is 0 Å². The average molecular weight is 436 g/mol. The molecule has 8 nitrogen and oxygen atoms in total. The summed E-state index contributed by atoms with van der Waals surface area (Å²) in [6.07, 6.45) is -3.99. The van der Waals surface area contributed by atoms with Gasteiger partial charge in [0.15, 0.2) is 9.84 Å². The van der Waals surface area contributed by atoms with Crippen LogP contribution in [0.2, 0.25) is 0 Å². The van der Waals surface area contributed by atoms with Gasteiger partial charge in [-0.1, -0.05) is 24.3 Å². The van der Waals surface area contributed by atoms with Gasteiger partial charge in [0.05, 0.1) is 18.1 Å². The van der Waals surface area contributed by atoms with Gasteiger partial charge in [-0.25, -0.2) is 8.42 Å². The maximum absolute atomic E-state index is 11.6. The summed E-state index contributed by atoms with van der Waals surface area (Å²) in [5.74, 6) is -1.68. The zero-order valence-corrected chi connectivity index (χ0v) is 17.1. The number of rotatable bonds is 4. The van der Waals surface area contributed by atoms with Crippen molar-refractivity contribution in [3.8, 4) is 0 Å². The van der Waals surface area contributed by atoms with E-state index in [0.29, 0.717) is 12.0 Å². The summed E-state index contributed by atoms with van der Waals surface area (Å²) in [7, 11) is -3.27. The van der Waals surface area contributed by atoms with E-state index in [-0.39, 0.29) is 11.5 Å². The summed E-state index contributed by atoms with van der Waals surface area (Å²) >= 11 is 0. The molecule has 1 spiro atoms. The zero-order chi connectivity index (χ0) is 21.7. The van der Waals surface area contributed by atoms with Gasteiger partial charge in [-0.2, -0.15) is 0 Å². The molecule has 1 saturated heterocycles. The van der Waals surface area contributed by atoms with Crippen molar-refractivity contribution < 1.29 is 38.3 Å². The summed E-state index contributed by atoms with van der Waals surface area (Å²) in [6, 6.07) is 12.1. The molecule has 4 N–H and O–H groups in total. The van der Waals surface area contributed by atoms with Crippen molar-refractivity contribution in [2.75, 3.05) is 12.9 Å². The van der Waals surface area contributed by atoms with Crippen molar-refractivity contribution in [3.05, 3.63) is 64.7 Å². The summed E-state index contributed by atoms with van der Waals surface area (Å²) in [5, 5.41) is 40.5. The number of fused-ring (bicyclic) bond motifs is 2. The molecule has 9 heteroatoms. The quantitative estimate of drug-likeness (QED) is 0.520. The fourth-order valence-corrected chi connectivity index (χ4v) is 4.65. The predicted molar refractivity (Wildman–Crippen MR) is 105 cm³/mol. The normalized spacial score (nSPS) is 31.1. The number of ether oxygens (including phenoxy) is 2. The van der Waals surface area contributed by atoms with Crippen LogP contribution < -0.4 is 0 Å². The van der Waals surface area contributed by atoms with Crippen LogP contribution in [0.4, 0.5) is 0 Å². The Morgan fingerprint density at radius 2 is 1.70 bits per heavy atom. The van der Waals surface area contributed by atoms with Crippen LogP contribution in [-0.4, -0.2) is 66.1 Å². The largest absolute Gasteiger partial charge is 0.394 e. The van der Waals surface area contributed by atoms with Gasteiger partial charge in [0, 0.05) is 11.8 Å². The van der Waals surface area contributed by atoms with Crippen molar-refractivity contribution >= 4 is 9.84 Å². The van der Waals surface area contributed by atoms with Gasteiger partial charge in [-0.15, -0.1) is 0 Å². The number of benzene rings is 2. The lowest BCUT2D eigenvalue weighted by Gasteiger charge is -2.46. The van der Waals surface area contributed by atoms with Crippen LogP contribution in [-0.2, 0) is 38.1 Å². The minimum absolute atomic E-state index is 0.149. The third-order valence-electron chi connectivity index (χ3n) is 5.70. The summed E-state index contributed by atoms with van der Waals surface area (Å²) in [6.45, 7) is -0.394. The van der Waals surface area contributed by atoms with E-state index in [2.05, 4.69) is 0 Å². The van der Waals surface area contributed by atoms with Crippen LogP contribution >= 0.6 is 0 Å². The van der Waals surface area contributed by atoms with Crippen molar-refractivity contribution in [1.82, 2.24) is 0 Å². The van der Waals surface area contributed by atoms with Crippen LogP contribution in [0, 0.1) is 0 Å². The molecule has 0 radical (unpaired) electrons. The topological polar surface area (TPSA) is 134 Å². The first-order valence-electron chi connectivity index (χ1n) is 9.54. The molecule has 30 heavy (non-hydrogen) atoms. The number of aliphatic hydroxyl groups is 4. The van der Waals surface area contributed by atoms with E-state index >= 15 is 0 Å². The van der Waals surface area contributed by atoms with E-state index in [1.807, 2.05) is 12.1 Å². The number of sulfone groups is 1. The molecule has 0 amide bonds. The van der Waals surface area contributed by atoms with Crippen LogP contribution in [0.3, 0.4) is 0 Å². The number of hydrogen-bond donors (Lipinski definition) is 4. The third kappa shape index (κ3) is 3.56. The summed E-state index contributed by atoms with van der Waals surface area (Å²) in [4.78, 5) is 0.244. The van der Waals surface area contributed by atoms with Crippen molar-refractivity contribution in [1.29, 1.82) is 0 Å². The Balaban J connectivity index is 1.65. The number of aliphatic hydroxyl groups excluding tert-OH is 4. The van der Waals surface area contributed by atoms with Gasteiger partial charge in [-0.3, -0.25) is 0 Å². The monoisotopic (exact) mass is 436 g/mol. The highest BCUT2D eigenvalue weighted by Crippen LogP contribution is 2.46. The van der Waals surface area contributed by atoms with Gasteiger partial charge in [0.25, 0.3) is 0 Å². The summed E-state index contributed by atoms with van der Waals surface area (Å²) in [5.41, 5.74) is 3.06. The van der Waals surface area contributed by atoms with Crippen LogP contribution in [0.1, 0.15) is 22.3 Å². The van der Waals surface area contributed by atoms with E-state index in [9.17, 15) is 28.8 Å². The van der Waals surface area contributed by atoms with E-state index < -0.39 is 46.6 Å². The lowest BCUT2D eigenvalue weighted by Crippen LogP contribution is -2.63. The highest BCUT2D eigenvalue weighted by atomic mass is 32.2. The second kappa shape index (κ2) is 7.69. The molecule has 2 aromatic carbocycles. The molecule has 2 aromatic rings. The van der Waals surface area contributed by atoms with E-state index in [1.54, 1.807) is 30.3 Å². The lowest BCUT2D eigenvalue weighted by atomic mass is 9.86. The molecule has 0 saturated carbocycles. The zero-order valence-electron chi connectivity index (χ0n) is 16.3. The molecular weight excluding hydrogens is 412 g/mol. The molecule has 5 atom stereocenters. The minimum Gasteiger partial charge on any atom is -0.394 e. The minimum atomic E-state index is -3.27. The fourth-order valence-electron chi connectivity index (χ4n) is 4.02. The second-order valence-electron chi connectivity index (χ2n) is 7.81. The molecular formula is C21H24O8S. The first-order valence-corrected chi connectivity index (χ1v) is 11.4. The Hall–Kier alpha value is -1.85. The highest BCUT2D eigenvalue weighted by molar-refractivity contribution is 7.90. The highest BCUT2D eigenvalue weighted by Gasteiger charge is 2.58. The molecule has 2 aliphatic rings. The lowest BCUT2D eigenvalue weighted by molar-refractivity contribution is -0.368. The standard InChI is InChI=1S/C21H24O8S/c1-30(26,27)15-6-3-12(4-7-15)8-13-2-5-14-11-28-21(16(14)9-13)20(25)19(24)18(23)17(10-22)29-21/h2-7,9,17-20,22-25H,8,10-11H2,1H3/t17-,18-,19+,20-,21?/m1/s1. The van der Waals surface area contributed by atoms with Gasteiger partial charge in [-0.05, 0) is 41.3 Å². The van der Waals surface area contributed by atoms with Crippen LogP contribution in [0.25, 0.3) is 0 Å². The molecule has 2 aliphatic heterocycles. The average Bonchev–Trinajstić information content (AvgIpc) is 3.08.